The number of nitrogens with zero attached hydrogens (tertiary/aromatic N) is 1. The molecule has 3 aromatic rings. The van der Waals surface area contributed by atoms with Gasteiger partial charge in [0.15, 0.2) is 0 Å². The quantitative estimate of drug-likeness (QED) is 0.398. The number of amides is 1. The Morgan fingerprint density at radius 2 is 1.33 bits per heavy atom. The lowest BCUT2D eigenvalue weighted by Crippen LogP contribution is -2.37. The summed E-state index contributed by atoms with van der Waals surface area (Å²) in [5.41, 5.74) is 0.294. The van der Waals surface area contributed by atoms with E-state index in [9.17, 15) is 18.3 Å². The van der Waals surface area contributed by atoms with E-state index in [1.165, 1.54) is 55.6 Å². The lowest BCUT2D eigenvalue weighted by molar-refractivity contribution is 0.100. The largest absolute Gasteiger partial charge is 0.507 e. The Bertz CT molecular complexity index is 1330. The van der Waals surface area contributed by atoms with Crippen LogP contribution in [0.3, 0.4) is 0 Å². The zero-order chi connectivity index (χ0) is 27.1. The summed E-state index contributed by atoms with van der Waals surface area (Å²) in [5, 5.41) is 11.6. The number of hydrogen-bond donors (Lipinski definition) is 1. The number of anilines is 1. The molecule has 0 atom stereocenters. The summed E-state index contributed by atoms with van der Waals surface area (Å²) in [4.78, 5) is 13.7. The van der Waals surface area contributed by atoms with Crippen LogP contribution in [0.1, 0.15) is 63.0 Å². The second-order valence-corrected chi connectivity index (χ2v) is 12.9. The molecule has 3 rings (SSSR count). The third-order valence-electron chi connectivity index (χ3n) is 5.82. The average Bonchev–Trinajstić information content (AvgIpc) is 2.78. The van der Waals surface area contributed by atoms with Gasteiger partial charge in [-0.1, -0.05) is 53.1 Å². The lowest BCUT2D eigenvalue weighted by atomic mass is 9.79. The molecule has 192 valence electrons. The van der Waals surface area contributed by atoms with Gasteiger partial charge in [0, 0.05) is 21.7 Å². The molecule has 36 heavy (non-hydrogen) atoms. The highest BCUT2D eigenvalue weighted by molar-refractivity contribution is 7.93. The topological polar surface area (TPSA) is 83.9 Å². The molecular formula is C28H32ClNO5S. The Kier molecular flexibility index (Phi) is 7.49. The molecule has 0 saturated carbocycles. The Balaban J connectivity index is 2.36. The molecule has 0 aliphatic heterocycles. The second kappa shape index (κ2) is 9.79. The number of benzene rings is 3. The molecule has 1 N–H and O–H groups in total. The van der Waals surface area contributed by atoms with Crippen molar-refractivity contribution < 1.29 is 23.1 Å². The number of sulfonamides is 1. The van der Waals surface area contributed by atoms with E-state index in [0.29, 0.717) is 21.9 Å². The van der Waals surface area contributed by atoms with Crippen molar-refractivity contribution in [1.29, 1.82) is 0 Å². The Labute approximate surface area is 218 Å². The predicted molar refractivity (Wildman–Crippen MR) is 144 cm³/mol. The number of aromatic hydroxyl groups is 1. The highest BCUT2D eigenvalue weighted by Crippen LogP contribution is 2.43. The number of carbonyl (C=O) groups excluding carboxylic acids is 1. The fraction of sp³-hybridized carbons (Fsp3) is 0.321. The highest BCUT2D eigenvalue weighted by Gasteiger charge is 2.35. The van der Waals surface area contributed by atoms with Crippen molar-refractivity contribution in [1.82, 2.24) is 0 Å². The van der Waals surface area contributed by atoms with Crippen molar-refractivity contribution >= 4 is 33.2 Å². The fourth-order valence-corrected chi connectivity index (χ4v) is 5.33. The van der Waals surface area contributed by atoms with Gasteiger partial charge in [-0.15, -0.1) is 0 Å². The molecule has 0 aliphatic rings. The van der Waals surface area contributed by atoms with Gasteiger partial charge < -0.3 is 9.84 Å². The second-order valence-electron chi connectivity index (χ2n) is 10.6. The smallest absolute Gasteiger partial charge is 0.272 e. The predicted octanol–water partition coefficient (Wildman–Crippen LogP) is 6.68. The van der Waals surface area contributed by atoms with E-state index in [1.54, 1.807) is 12.1 Å². The number of rotatable bonds is 5. The van der Waals surface area contributed by atoms with Gasteiger partial charge in [-0.3, -0.25) is 4.79 Å². The van der Waals surface area contributed by atoms with Crippen LogP contribution in [0.5, 0.6) is 11.5 Å². The number of phenolic OH excluding ortho intramolecular Hbond substituents is 1. The average molecular weight is 530 g/mol. The first-order valence-electron chi connectivity index (χ1n) is 11.4. The van der Waals surface area contributed by atoms with Crippen molar-refractivity contribution in [3.05, 3.63) is 82.4 Å². The molecule has 0 aromatic heterocycles. The van der Waals surface area contributed by atoms with Gasteiger partial charge >= 0.3 is 0 Å². The van der Waals surface area contributed by atoms with Gasteiger partial charge in [0.25, 0.3) is 15.9 Å². The normalized spacial score (nSPS) is 12.3. The number of halogens is 1. The number of hydrogen-bond acceptors (Lipinski definition) is 5. The molecule has 6 nitrogen and oxygen atoms in total. The molecule has 0 saturated heterocycles. The fourth-order valence-electron chi connectivity index (χ4n) is 3.81. The summed E-state index contributed by atoms with van der Waals surface area (Å²) in [6.07, 6.45) is 0. The van der Waals surface area contributed by atoms with Gasteiger partial charge in [0.1, 0.15) is 11.5 Å². The maximum atomic E-state index is 14.0. The maximum absolute atomic E-state index is 14.0. The van der Waals surface area contributed by atoms with Crippen molar-refractivity contribution in [3.8, 4) is 11.5 Å². The Hall–Kier alpha value is -3.03. The molecule has 0 fully saturated rings. The van der Waals surface area contributed by atoms with Crippen molar-refractivity contribution in [2.24, 2.45) is 0 Å². The van der Waals surface area contributed by atoms with E-state index in [4.69, 9.17) is 16.3 Å². The molecule has 0 heterocycles. The first-order chi connectivity index (χ1) is 16.6. The van der Waals surface area contributed by atoms with Crippen molar-refractivity contribution in [2.75, 3.05) is 11.4 Å². The van der Waals surface area contributed by atoms with E-state index < -0.39 is 26.8 Å². The summed E-state index contributed by atoms with van der Waals surface area (Å²) in [6.45, 7) is 11.5. The minimum Gasteiger partial charge on any atom is -0.507 e. The van der Waals surface area contributed by atoms with Crippen molar-refractivity contribution in [3.63, 3.8) is 0 Å². The van der Waals surface area contributed by atoms with Crippen LogP contribution in [0.25, 0.3) is 0 Å². The third-order valence-corrected chi connectivity index (χ3v) is 7.80. The lowest BCUT2D eigenvalue weighted by Gasteiger charge is -2.31. The minimum absolute atomic E-state index is 0.0756. The van der Waals surface area contributed by atoms with E-state index in [0.717, 1.165) is 4.31 Å². The molecule has 3 aromatic carbocycles. The highest BCUT2D eigenvalue weighted by atomic mass is 35.5. The van der Waals surface area contributed by atoms with Gasteiger partial charge in [0.05, 0.1) is 17.7 Å². The molecule has 0 spiro atoms. The van der Waals surface area contributed by atoms with Crippen LogP contribution in [0.15, 0.2) is 65.6 Å². The van der Waals surface area contributed by atoms with Gasteiger partial charge in [-0.25, -0.2) is 8.42 Å². The molecule has 8 heteroatoms. The molecule has 0 unspecified atom stereocenters. The van der Waals surface area contributed by atoms with E-state index >= 15 is 0 Å². The van der Waals surface area contributed by atoms with Crippen LogP contribution in [-0.4, -0.2) is 26.5 Å². The number of methoxy groups -OCH3 is 1. The van der Waals surface area contributed by atoms with Gasteiger partial charge in [-0.2, -0.15) is 4.31 Å². The SMILES string of the molecule is COc1ccc(S(=O)(=O)N(C(=O)c2ccc(Cl)cc2)c2cc(C(C)(C)C)c(O)c(C(C)(C)C)c2)cc1. The van der Waals surface area contributed by atoms with Crippen LogP contribution in [0, 0.1) is 0 Å². The summed E-state index contributed by atoms with van der Waals surface area (Å²) < 4.78 is 33.9. The number of phenols is 1. The summed E-state index contributed by atoms with van der Waals surface area (Å²) in [7, 11) is -2.88. The van der Waals surface area contributed by atoms with Crippen LogP contribution >= 0.6 is 11.6 Å². The van der Waals surface area contributed by atoms with Gasteiger partial charge in [-0.05, 0) is 71.5 Å². The first kappa shape index (κ1) is 27.6. The molecular weight excluding hydrogens is 498 g/mol. The van der Waals surface area contributed by atoms with Crippen LogP contribution < -0.4 is 9.04 Å². The molecule has 0 bridgehead atoms. The maximum Gasteiger partial charge on any atom is 0.272 e. The molecule has 0 aliphatic carbocycles. The van der Waals surface area contributed by atoms with E-state index in [-0.39, 0.29) is 21.9 Å². The summed E-state index contributed by atoms with van der Waals surface area (Å²) in [5.74, 6) is -0.174. The Morgan fingerprint density at radius 3 is 1.75 bits per heavy atom. The standard InChI is InChI=1S/C28H32ClNO5S/c1-27(2,3)23-16-20(17-24(25(23)31)28(4,5)6)30(26(32)18-8-10-19(29)11-9-18)36(33,34)22-14-12-21(35-7)13-15-22/h8-17,31H,1-7H3. The molecule has 0 radical (unpaired) electrons. The van der Waals surface area contributed by atoms with Gasteiger partial charge in [0.2, 0.25) is 0 Å². The summed E-state index contributed by atoms with van der Waals surface area (Å²) in [6, 6.07) is 15.0. The number of carbonyl (C=O) groups is 1. The van der Waals surface area contributed by atoms with E-state index in [1.807, 2.05) is 41.5 Å². The van der Waals surface area contributed by atoms with Crippen LogP contribution in [-0.2, 0) is 20.9 Å². The first-order valence-corrected chi connectivity index (χ1v) is 13.3. The summed E-state index contributed by atoms with van der Waals surface area (Å²) >= 11 is 6.00. The van der Waals surface area contributed by atoms with Crippen LogP contribution in [0.4, 0.5) is 5.69 Å². The zero-order valence-corrected chi connectivity index (χ0v) is 23.2. The van der Waals surface area contributed by atoms with Crippen molar-refractivity contribution in [2.45, 2.75) is 57.3 Å². The monoisotopic (exact) mass is 529 g/mol. The minimum atomic E-state index is -4.36. The third kappa shape index (κ3) is 5.52. The zero-order valence-electron chi connectivity index (χ0n) is 21.6. The Morgan fingerprint density at radius 1 is 0.861 bits per heavy atom. The van der Waals surface area contributed by atoms with E-state index in [2.05, 4.69) is 0 Å². The van der Waals surface area contributed by atoms with Crippen LogP contribution in [0.2, 0.25) is 5.02 Å². The number of ether oxygens (including phenoxy) is 1. The molecule has 1 amide bonds.